The molecule has 6 heteroatoms. The number of aryl methyl sites for hydroxylation is 4. The Balaban J connectivity index is 1.39. The van der Waals surface area contributed by atoms with Crippen LogP contribution in [0.4, 0.5) is 0 Å². The second kappa shape index (κ2) is 13.0. The van der Waals surface area contributed by atoms with Gasteiger partial charge in [0.1, 0.15) is 11.5 Å². The molecule has 0 aliphatic rings. The van der Waals surface area contributed by atoms with Crippen molar-refractivity contribution in [1.82, 2.24) is 0 Å². The van der Waals surface area contributed by atoms with Crippen molar-refractivity contribution in [1.29, 1.82) is 0 Å². The van der Waals surface area contributed by atoms with Crippen molar-refractivity contribution < 1.29 is 18.1 Å². The van der Waals surface area contributed by atoms with E-state index < -0.39 is 0 Å². The summed E-state index contributed by atoms with van der Waals surface area (Å²) < 4.78 is 23.8. The summed E-state index contributed by atoms with van der Waals surface area (Å²) in [7, 11) is -0.154. The molecule has 0 N–H and O–H groups in total. The van der Waals surface area contributed by atoms with Crippen molar-refractivity contribution in [2.24, 2.45) is 0 Å². The maximum Gasteiger partial charge on any atom is 0.215 e. The summed E-state index contributed by atoms with van der Waals surface area (Å²) in [6.07, 6.45) is 0. The average molecular weight is 519 g/mol. The van der Waals surface area contributed by atoms with Crippen molar-refractivity contribution in [2.75, 3.05) is 0 Å². The molecule has 2 atom stereocenters. The Bertz CT molecular complexity index is 1160. The van der Waals surface area contributed by atoms with Crippen LogP contribution in [0.1, 0.15) is 33.4 Å². The van der Waals surface area contributed by atoms with Gasteiger partial charge in [0.2, 0.25) is 18.1 Å². The van der Waals surface area contributed by atoms with Crippen molar-refractivity contribution >= 4 is 18.1 Å². The monoisotopic (exact) mass is 518 g/mol. The molecule has 0 amide bonds. The zero-order valence-electron chi connectivity index (χ0n) is 21.1. The summed E-state index contributed by atoms with van der Waals surface area (Å²) in [5, 5.41) is 0. The average Bonchev–Trinajstić information content (AvgIpc) is 2.88. The van der Waals surface area contributed by atoms with Gasteiger partial charge in [-0.3, -0.25) is 0 Å². The first-order valence-electron chi connectivity index (χ1n) is 11.9. The SMILES string of the molecule is Cc1cccc(C)c1OPOCc1ccccc1-c1ccccc1COPOc1c(C)cccc1C. The highest BCUT2D eigenvalue weighted by Gasteiger charge is 2.11. The van der Waals surface area contributed by atoms with Gasteiger partial charge >= 0.3 is 0 Å². The van der Waals surface area contributed by atoms with Gasteiger partial charge in [-0.05, 0) is 72.2 Å². The number of hydrogen-bond donors (Lipinski definition) is 0. The highest BCUT2D eigenvalue weighted by atomic mass is 31.1. The van der Waals surface area contributed by atoms with Crippen LogP contribution >= 0.6 is 18.1 Å². The summed E-state index contributed by atoms with van der Waals surface area (Å²) in [5.41, 5.74) is 8.93. The maximum atomic E-state index is 5.96. The van der Waals surface area contributed by atoms with E-state index in [1.807, 2.05) is 24.3 Å². The molecule has 0 aliphatic carbocycles. The van der Waals surface area contributed by atoms with Crippen molar-refractivity contribution in [3.05, 3.63) is 118 Å². The van der Waals surface area contributed by atoms with Crippen molar-refractivity contribution in [2.45, 2.75) is 40.9 Å². The van der Waals surface area contributed by atoms with E-state index in [-0.39, 0.29) is 18.1 Å². The fourth-order valence-electron chi connectivity index (χ4n) is 4.09. The lowest BCUT2D eigenvalue weighted by Crippen LogP contribution is -1.97. The minimum atomic E-state index is -0.0768. The molecule has 0 spiro atoms. The topological polar surface area (TPSA) is 36.9 Å². The summed E-state index contributed by atoms with van der Waals surface area (Å²) in [6.45, 7) is 9.13. The molecule has 0 aromatic heterocycles. The molecule has 0 fully saturated rings. The lowest BCUT2D eigenvalue weighted by atomic mass is 9.96. The molecule has 4 rings (SSSR count). The predicted molar refractivity (Wildman–Crippen MR) is 151 cm³/mol. The standard InChI is InChI=1S/C30H32O4P2/c1-21-11-9-12-22(2)29(21)33-35-31-19-25-15-5-7-17-27(25)28-18-8-6-16-26(28)20-32-36-34-30-23(3)13-10-14-24(30)4/h5-18,35-36H,19-20H2,1-4H3. The summed E-state index contributed by atoms with van der Waals surface area (Å²) in [4.78, 5) is 0. The third-order valence-corrected chi connectivity index (χ3v) is 7.10. The minimum Gasteiger partial charge on any atom is -0.449 e. The number of benzene rings is 4. The van der Waals surface area contributed by atoms with Crippen LogP contribution in [0.25, 0.3) is 11.1 Å². The highest BCUT2D eigenvalue weighted by Crippen LogP contribution is 2.34. The van der Waals surface area contributed by atoms with Gasteiger partial charge in [0, 0.05) is 0 Å². The molecule has 0 bridgehead atoms. The Kier molecular flexibility index (Phi) is 9.50. The fourth-order valence-corrected chi connectivity index (χ4v) is 5.45. The normalized spacial score (nSPS) is 11.6. The predicted octanol–water partition coefficient (Wildman–Crippen LogP) is 8.80. The zero-order chi connectivity index (χ0) is 25.3. The molecule has 4 nitrogen and oxygen atoms in total. The van der Waals surface area contributed by atoms with Crippen LogP contribution in [0.5, 0.6) is 11.5 Å². The second-order valence-corrected chi connectivity index (χ2v) is 10.0. The van der Waals surface area contributed by atoms with Gasteiger partial charge in [-0.1, -0.05) is 84.9 Å². The van der Waals surface area contributed by atoms with Gasteiger partial charge in [0.15, 0.2) is 0 Å². The number of rotatable bonds is 11. The molecule has 186 valence electrons. The smallest absolute Gasteiger partial charge is 0.215 e. The molecule has 0 heterocycles. The lowest BCUT2D eigenvalue weighted by Gasteiger charge is -2.16. The van der Waals surface area contributed by atoms with E-state index >= 15 is 0 Å². The van der Waals surface area contributed by atoms with E-state index in [0.717, 1.165) is 56.0 Å². The first kappa shape index (κ1) is 26.3. The van der Waals surface area contributed by atoms with E-state index in [4.69, 9.17) is 18.1 Å². The number of para-hydroxylation sites is 2. The Morgan fingerprint density at radius 1 is 0.472 bits per heavy atom. The van der Waals surface area contributed by atoms with Crippen molar-refractivity contribution in [3.63, 3.8) is 0 Å². The van der Waals surface area contributed by atoms with Gasteiger partial charge in [-0.2, -0.15) is 0 Å². The van der Waals surface area contributed by atoms with E-state index in [9.17, 15) is 0 Å². The van der Waals surface area contributed by atoms with E-state index in [0.29, 0.717) is 13.2 Å². The number of hydrogen-bond acceptors (Lipinski definition) is 4. The van der Waals surface area contributed by atoms with Crippen LogP contribution in [0, 0.1) is 27.7 Å². The summed E-state index contributed by atoms with van der Waals surface area (Å²) in [5.74, 6) is 1.80. The van der Waals surface area contributed by atoms with Crippen LogP contribution in [0.2, 0.25) is 0 Å². The molecular formula is C30H32O4P2. The largest absolute Gasteiger partial charge is 0.449 e. The molecule has 0 aliphatic heterocycles. The molecule has 36 heavy (non-hydrogen) atoms. The lowest BCUT2D eigenvalue weighted by molar-refractivity contribution is 0.317. The Morgan fingerprint density at radius 3 is 1.22 bits per heavy atom. The molecule has 0 saturated carbocycles. The van der Waals surface area contributed by atoms with E-state index in [1.54, 1.807) is 0 Å². The Hall–Kier alpha value is -2.74. The van der Waals surface area contributed by atoms with Crippen LogP contribution in [0.3, 0.4) is 0 Å². The second-order valence-electron chi connectivity index (χ2n) is 8.70. The van der Waals surface area contributed by atoms with Crippen LogP contribution in [-0.4, -0.2) is 0 Å². The van der Waals surface area contributed by atoms with Crippen molar-refractivity contribution in [3.8, 4) is 22.6 Å². The Morgan fingerprint density at radius 2 is 0.833 bits per heavy atom. The van der Waals surface area contributed by atoms with E-state index in [2.05, 4.69) is 88.4 Å². The molecule has 0 radical (unpaired) electrons. The molecule has 0 saturated heterocycles. The van der Waals surface area contributed by atoms with Gasteiger partial charge in [-0.15, -0.1) is 0 Å². The van der Waals surface area contributed by atoms with Gasteiger partial charge in [0.25, 0.3) is 0 Å². The molecular weight excluding hydrogens is 486 g/mol. The first-order valence-corrected chi connectivity index (χ1v) is 13.5. The van der Waals surface area contributed by atoms with Gasteiger partial charge in [-0.25, -0.2) is 0 Å². The van der Waals surface area contributed by atoms with Gasteiger partial charge in [0.05, 0.1) is 13.2 Å². The molecule has 4 aromatic rings. The van der Waals surface area contributed by atoms with E-state index in [1.165, 1.54) is 0 Å². The van der Waals surface area contributed by atoms with Crippen LogP contribution in [-0.2, 0) is 22.3 Å². The first-order chi connectivity index (χ1) is 17.5. The zero-order valence-corrected chi connectivity index (χ0v) is 23.1. The van der Waals surface area contributed by atoms with Crippen LogP contribution < -0.4 is 9.05 Å². The third kappa shape index (κ3) is 6.72. The fraction of sp³-hybridized carbons (Fsp3) is 0.200. The summed E-state index contributed by atoms with van der Waals surface area (Å²) >= 11 is 0. The maximum absolute atomic E-state index is 5.96. The van der Waals surface area contributed by atoms with Gasteiger partial charge < -0.3 is 18.1 Å². The molecule has 2 unspecified atom stereocenters. The minimum absolute atomic E-state index is 0.0768. The molecule has 4 aromatic carbocycles. The van der Waals surface area contributed by atoms with Crippen LogP contribution in [0.15, 0.2) is 84.9 Å². The quantitative estimate of drug-likeness (QED) is 0.147. The summed E-state index contributed by atoms with van der Waals surface area (Å²) in [6, 6.07) is 28.9. The highest BCUT2D eigenvalue weighted by molar-refractivity contribution is 7.26. The third-order valence-electron chi connectivity index (χ3n) is 6.00. The Labute approximate surface area is 217 Å².